The predicted molar refractivity (Wildman–Crippen MR) is 152 cm³/mol. The van der Waals surface area contributed by atoms with E-state index in [-0.39, 0.29) is 29.8 Å². The fourth-order valence-electron chi connectivity index (χ4n) is 7.94. The number of fused-ring (bicyclic) bond motifs is 1. The largest absolute Gasteiger partial charge is 0.494 e. The summed E-state index contributed by atoms with van der Waals surface area (Å²) >= 11 is 0. The number of amides is 3. The summed E-state index contributed by atoms with van der Waals surface area (Å²) in [6, 6.07) is 6.55. The molecule has 40 heavy (non-hydrogen) atoms. The summed E-state index contributed by atoms with van der Waals surface area (Å²) in [7, 11) is 0. The molecule has 1 aromatic carbocycles. The first-order chi connectivity index (χ1) is 19.3. The number of likely N-dealkylation sites (tertiary alicyclic amines) is 1. The van der Waals surface area contributed by atoms with Gasteiger partial charge in [0.25, 0.3) is 0 Å². The molecule has 2 aliphatic carbocycles. The second-order valence-electron chi connectivity index (χ2n) is 12.7. The first-order valence-corrected chi connectivity index (χ1v) is 15.4. The molecule has 2 saturated heterocycles. The van der Waals surface area contributed by atoms with Crippen LogP contribution >= 0.6 is 0 Å². The summed E-state index contributed by atoms with van der Waals surface area (Å²) in [6.45, 7) is 6.94. The Labute approximate surface area is 237 Å². The Bertz CT molecular complexity index is 1160. The third-order valence-corrected chi connectivity index (χ3v) is 10.1. The lowest BCUT2D eigenvalue weighted by Gasteiger charge is -2.40. The quantitative estimate of drug-likeness (QED) is 0.490. The lowest BCUT2D eigenvalue weighted by molar-refractivity contribution is -0.145. The Hall–Kier alpha value is -2.87. The molecule has 3 amide bonds. The fraction of sp³-hybridized carbons (Fsp3) is 0.656. The predicted octanol–water partition coefficient (Wildman–Crippen LogP) is 4.45. The molecule has 3 aliphatic heterocycles. The molecule has 0 radical (unpaired) electrons. The van der Waals surface area contributed by atoms with E-state index in [2.05, 4.69) is 24.5 Å². The van der Waals surface area contributed by atoms with Gasteiger partial charge in [0.2, 0.25) is 17.7 Å². The van der Waals surface area contributed by atoms with Gasteiger partial charge in [0.1, 0.15) is 17.4 Å². The summed E-state index contributed by atoms with van der Waals surface area (Å²) in [5.74, 6) is -0.170. The molecule has 8 heteroatoms. The highest BCUT2D eigenvalue weighted by Gasteiger charge is 2.73. The maximum Gasteiger partial charge on any atom is 0.246 e. The van der Waals surface area contributed by atoms with Gasteiger partial charge in [-0.1, -0.05) is 38.8 Å². The van der Waals surface area contributed by atoms with E-state index < -0.39 is 29.6 Å². The Morgan fingerprint density at radius 3 is 2.45 bits per heavy atom. The van der Waals surface area contributed by atoms with Gasteiger partial charge in [-0.2, -0.15) is 0 Å². The van der Waals surface area contributed by atoms with Gasteiger partial charge in [-0.3, -0.25) is 14.4 Å². The molecule has 2 saturated carbocycles. The fourth-order valence-corrected chi connectivity index (χ4v) is 7.94. The minimum atomic E-state index is -1.12. The summed E-state index contributed by atoms with van der Waals surface area (Å²) in [5.41, 5.74) is -0.480. The molecule has 1 spiro atoms. The smallest absolute Gasteiger partial charge is 0.246 e. The highest BCUT2D eigenvalue weighted by Crippen LogP contribution is 2.56. The molecule has 4 fully saturated rings. The van der Waals surface area contributed by atoms with E-state index in [1.807, 2.05) is 36.1 Å². The number of hydrogen-bond donors (Lipinski definition) is 2. The van der Waals surface area contributed by atoms with Crippen molar-refractivity contribution in [3.8, 4) is 5.75 Å². The van der Waals surface area contributed by atoms with E-state index in [1.54, 1.807) is 12.1 Å². The molecule has 7 atom stereocenters. The third kappa shape index (κ3) is 4.62. The van der Waals surface area contributed by atoms with Crippen molar-refractivity contribution in [2.75, 3.05) is 11.9 Å². The molecule has 2 bridgehead atoms. The zero-order chi connectivity index (χ0) is 28.0. The zero-order valence-electron chi connectivity index (χ0n) is 23.9. The van der Waals surface area contributed by atoms with Gasteiger partial charge in [-0.15, -0.1) is 0 Å². The van der Waals surface area contributed by atoms with E-state index >= 15 is 0 Å². The van der Waals surface area contributed by atoms with Crippen molar-refractivity contribution in [2.24, 2.45) is 23.7 Å². The highest BCUT2D eigenvalue weighted by molar-refractivity contribution is 6.03. The molecule has 1 aromatic rings. The number of ether oxygens (including phenoxy) is 2. The van der Waals surface area contributed by atoms with Crippen molar-refractivity contribution >= 4 is 23.4 Å². The summed E-state index contributed by atoms with van der Waals surface area (Å²) in [6.07, 6.45) is 11.4. The van der Waals surface area contributed by atoms with Crippen LogP contribution in [-0.4, -0.2) is 59.1 Å². The molecule has 8 nitrogen and oxygen atoms in total. The Balaban J connectivity index is 1.28. The SMILES string of the molecule is CCOc1ccc(NC(=O)[C@@H]2[C@@H]3C=C[C@]4(O3)[C@@H]2C(=O)N(C2CCC(C)CC2)[C@H]4C(=O)N[C@@H]2CCCC[C@@H]2C)cc1. The number of hydrogen-bond acceptors (Lipinski definition) is 5. The maximum atomic E-state index is 14.3. The molecule has 3 heterocycles. The van der Waals surface area contributed by atoms with E-state index in [0.29, 0.717) is 24.1 Å². The minimum absolute atomic E-state index is 0.0194. The molecule has 0 aromatic heterocycles. The van der Waals surface area contributed by atoms with E-state index in [0.717, 1.165) is 50.7 Å². The van der Waals surface area contributed by atoms with Crippen LogP contribution in [-0.2, 0) is 19.1 Å². The van der Waals surface area contributed by atoms with Crippen LogP contribution in [0.25, 0.3) is 0 Å². The Morgan fingerprint density at radius 2 is 1.75 bits per heavy atom. The van der Waals surface area contributed by atoms with Gasteiger partial charge in [-0.25, -0.2) is 0 Å². The number of carbonyl (C=O) groups excluding carboxylic acids is 3. The average molecular weight is 550 g/mol. The first-order valence-electron chi connectivity index (χ1n) is 15.4. The van der Waals surface area contributed by atoms with Gasteiger partial charge in [0.05, 0.1) is 24.5 Å². The van der Waals surface area contributed by atoms with Crippen LogP contribution in [0.4, 0.5) is 5.69 Å². The van der Waals surface area contributed by atoms with E-state index in [9.17, 15) is 14.4 Å². The number of carbonyl (C=O) groups is 3. The van der Waals surface area contributed by atoms with Crippen molar-refractivity contribution in [3.63, 3.8) is 0 Å². The van der Waals surface area contributed by atoms with Crippen LogP contribution in [0.15, 0.2) is 36.4 Å². The highest BCUT2D eigenvalue weighted by atomic mass is 16.5. The van der Waals surface area contributed by atoms with Crippen molar-refractivity contribution in [2.45, 2.75) is 102 Å². The Kier molecular flexibility index (Phi) is 7.40. The normalized spacial score (nSPS) is 38.3. The second-order valence-corrected chi connectivity index (χ2v) is 12.7. The van der Waals surface area contributed by atoms with Crippen LogP contribution < -0.4 is 15.4 Å². The lowest BCUT2D eigenvalue weighted by Crippen LogP contribution is -2.59. The number of benzene rings is 1. The molecule has 2 N–H and O–H groups in total. The van der Waals surface area contributed by atoms with Crippen LogP contribution in [0, 0.1) is 23.7 Å². The third-order valence-electron chi connectivity index (χ3n) is 10.1. The average Bonchev–Trinajstić information content (AvgIpc) is 3.59. The van der Waals surface area contributed by atoms with Crippen molar-refractivity contribution < 1.29 is 23.9 Å². The molecular weight excluding hydrogens is 506 g/mol. The van der Waals surface area contributed by atoms with Gasteiger partial charge in [-0.05, 0) is 81.5 Å². The van der Waals surface area contributed by atoms with Crippen LogP contribution in [0.1, 0.15) is 72.1 Å². The first kappa shape index (κ1) is 27.3. The van der Waals surface area contributed by atoms with Crippen LogP contribution in [0.2, 0.25) is 0 Å². The van der Waals surface area contributed by atoms with Gasteiger partial charge in [0.15, 0.2) is 0 Å². The number of nitrogens with zero attached hydrogens (tertiary/aromatic N) is 1. The topological polar surface area (TPSA) is 97.0 Å². The van der Waals surface area contributed by atoms with Crippen molar-refractivity contribution in [1.82, 2.24) is 10.2 Å². The van der Waals surface area contributed by atoms with Gasteiger partial charge < -0.3 is 25.0 Å². The van der Waals surface area contributed by atoms with Gasteiger partial charge in [0, 0.05) is 17.8 Å². The second kappa shape index (κ2) is 10.8. The summed E-state index contributed by atoms with van der Waals surface area (Å²) in [5, 5.41) is 6.34. The number of rotatable bonds is 7. The minimum Gasteiger partial charge on any atom is -0.494 e. The van der Waals surface area contributed by atoms with Crippen molar-refractivity contribution in [1.29, 1.82) is 0 Å². The molecular formula is C32H43N3O5. The molecule has 5 aliphatic rings. The zero-order valence-corrected chi connectivity index (χ0v) is 23.9. The monoisotopic (exact) mass is 549 g/mol. The van der Waals surface area contributed by atoms with Crippen LogP contribution in [0.3, 0.4) is 0 Å². The molecule has 216 valence electrons. The van der Waals surface area contributed by atoms with Crippen molar-refractivity contribution in [3.05, 3.63) is 36.4 Å². The number of nitrogens with one attached hydrogen (secondary N) is 2. The number of anilines is 1. The van der Waals surface area contributed by atoms with Gasteiger partial charge >= 0.3 is 0 Å². The maximum absolute atomic E-state index is 14.3. The Morgan fingerprint density at radius 1 is 1.02 bits per heavy atom. The van der Waals surface area contributed by atoms with E-state index in [1.165, 1.54) is 6.42 Å². The van der Waals surface area contributed by atoms with E-state index in [4.69, 9.17) is 9.47 Å². The standard InChI is InChI=1S/C32H43N3O5/c1-4-39-23-15-11-21(12-16-23)33-29(36)26-25-17-18-32(40-25)27(26)31(38)35(22-13-9-19(2)10-14-22)28(32)30(37)34-24-8-6-5-7-20(24)3/h11-12,15-20,22,24-28H,4-10,13-14H2,1-3H3,(H,33,36)(H,34,37)/t19?,20-,22?,24+,25-,26+,27-,28-,32-/m0/s1. The molecule has 6 rings (SSSR count). The lowest BCUT2D eigenvalue weighted by atomic mass is 9.74. The molecule has 0 unspecified atom stereocenters. The van der Waals surface area contributed by atoms with Crippen LogP contribution in [0.5, 0.6) is 5.75 Å². The summed E-state index contributed by atoms with van der Waals surface area (Å²) < 4.78 is 12.1. The summed E-state index contributed by atoms with van der Waals surface area (Å²) in [4.78, 5) is 44.1.